The van der Waals surface area contributed by atoms with Gasteiger partial charge >= 0.3 is 0 Å². The number of nitrogens with zero attached hydrogens (tertiary/aromatic N) is 2. The van der Waals surface area contributed by atoms with E-state index in [0.717, 1.165) is 5.01 Å². The second kappa shape index (κ2) is 5.82. The maximum absolute atomic E-state index is 11.8. The van der Waals surface area contributed by atoms with Gasteiger partial charge < -0.3 is 10.2 Å². The van der Waals surface area contributed by atoms with Gasteiger partial charge in [-0.1, -0.05) is 6.92 Å². The number of carbonyl (C=O) groups is 1. The molecular formula is C10H17N3OS. The minimum Gasteiger partial charge on any atom is -0.339 e. The van der Waals surface area contributed by atoms with Crippen LogP contribution in [0, 0.1) is 5.92 Å². The Hall–Kier alpha value is -0.940. The summed E-state index contributed by atoms with van der Waals surface area (Å²) in [6.07, 6.45) is 1.76. The van der Waals surface area contributed by atoms with Gasteiger partial charge in [-0.05, 0) is 7.05 Å². The van der Waals surface area contributed by atoms with E-state index in [4.69, 9.17) is 0 Å². The normalized spacial score (nSPS) is 12.5. The van der Waals surface area contributed by atoms with Gasteiger partial charge in [0.25, 0.3) is 0 Å². The third-order valence-electron chi connectivity index (χ3n) is 2.16. The predicted octanol–water partition coefficient (Wildman–Crippen LogP) is 0.957. The topological polar surface area (TPSA) is 45.2 Å². The lowest BCUT2D eigenvalue weighted by atomic mass is 10.1. The van der Waals surface area contributed by atoms with E-state index in [1.807, 2.05) is 26.4 Å². The molecule has 1 unspecified atom stereocenters. The number of aromatic nitrogens is 1. The van der Waals surface area contributed by atoms with Crippen LogP contribution in [0.15, 0.2) is 11.6 Å². The first kappa shape index (κ1) is 12.1. The molecule has 84 valence electrons. The number of carbonyl (C=O) groups excluding carboxylic acids is 1. The Kier molecular flexibility index (Phi) is 4.71. The molecule has 0 aromatic carbocycles. The lowest BCUT2D eigenvalue weighted by Crippen LogP contribution is -2.35. The molecule has 0 saturated heterocycles. The van der Waals surface area contributed by atoms with Gasteiger partial charge in [0.1, 0.15) is 5.01 Å². The summed E-state index contributed by atoms with van der Waals surface area (Å²) >= 11 is 1.57. The summed E-state index contributed by atoms with van der Waals surface area (Å²) in [7, 11) is 3.67. The number of hydrogen-bond acceptors (Lipinski definition) is 4. The van der Waals surface area contributed by atoms with E-state index < -0.39 is 0 Å². The molecule has 4 nitrogen and oxygen atoms in total. The van der Waals surface area contributed by atoms with Crippen molar-refractivity contribution in [2.75, 3.05) is 20.6 Å². The first-order valence-corrected chi connectivity index (χ1v) is 5.81. The van der Waals surface area contributed by atoms with E-state index in [0.29, 0.717) is 13.1 Å². The van der Waals surface area contributed by atoms with E-state index in [9.17, 15) is 4.79 Å². The fourth-order valence-corrected chi connectivity index (χ4v) is 2.05. The first-order valence-electron chi connectivity index (χ1n) is 4.93. The lowest BCUT2D eigenvalue weighted by molar-refractivity contribution is -0.134. The van der Waals surface area contributed by atoms with Crippen LogP contribution in [0.25, 0.3) is 0 Å². The molecule has 1 atom stereocenters. The average Bonchev–Trinajstić information content (AvgIpc) is 2.69. The highest BCUT2D eigenvalue weighted by Crippen LogP contribution is 2.09. The fourth-order valence-electron chi connectivity index (χ4n) is 1.38. The summed E-state index contributed by atoms with van der Waals surface area (Å²) in [5.41, 5.74) is 0. The van der Waals surface area contributed by atoms with Crippen molar-refractivity contribution in [2.24, 2.45) is 5.92 Å². The van der Waals surface area contributed by atoms with E-state index in [1.54, 1.807) is 22.4 Å². The van der Waals surface area contributed by atoms with Gasteiger partial charge in [0.2, 0.25) is 5.91 Å². The predicted molar refractivity (Wildman–Crippen MR) is 61.7 cm³/mol. The van der Waals surface area contributed by atoms with Crippen molar-refractivity contribution in [1.82, 2.24) is 15.2 Å². The van der Waals surface area contributed by atoms with Gasteiger partial charge in [0, 0.05) is 31.1 Å². The fraction of sp³-hybridized carbons (Fsp3) is 0.600. The summed E-state index contributed by atoms with van der Waals surface area (Å²) in [6, 6.07) is 0. The van der Waals surface area contributed by atoms with Gasteiger partial charge in [-0.15, -0.1) is 11.3 Å². The SMILES string of the molecule is CNCC(C)C(=O)N(C)Cc1nccs1. The van der Waals surface area contributed by atoms with Crippen molar-refractivity contribution in [3.8, 4) is 0 Å². The van der Waals surface area contributed by atoms with E-state index in [-0.39, 0.29) is 11.8 Å². The maximum Gasteiger partial charge on any atom is 0.226 e. The van der Waals surface area contributed by atoms with Crippen LogP contribution in [0.5, 0.6) is 0 Å². The number of hydrogen-bond donors (Lipinski definition) is 1. The van der Waals surface area contributed by atoms with Crippen LogP contribution in [0.1, 0.15) is 11.9 Å². The Bertz CT molecular complexity index is 300. The summed E-state index contributed by atoms with van der Waals surface area (Å²) in [4.78, 5) is 17.7. The molecule has 0 aliphatic heterocycles. The van der Waals surface area contributed by atoms with E-state index in [1.165, 1.54) is 0 Å². The van der Waals surface area contributed by atoms with Crippen molar-refractivity contribution >= 4 is 17.2 Å². The van der Waals surface area contributed by atoms with Crippen LogP contribution < -0.4 is 5.32 Å². The molecule has 1 rings (SSSR count). The number of rotatable bonds is 5. The zero-order valence-electron chi connectivity index (χ0n) is 9.36. The molecule has 0 aliphatic carbocycles. The molecule has 1 aromatic heterocycles. The molecule has 1 amide bonds. The molecule has 0 fully saturated rings. The molecule has 0 aliphatic rings. The highest BCUT2D eigenvalue weighted by Gasteiger charge is 2.17. The summed E-state index contributed by atoms with van der Waals surface area (Å²) < 4.78 is 0. The minimum atomic E-state index is 0.0139. The lowest BCUT2D eigenvalue weighted by Gasteiger charge is -2.20. The average molecular weight is 227 g/mol. The van der Waals surface area contributed by atoms with Gasteiger partial charge in [-0.2, -0.15) is 0 Å². The number of thiazole rings is 1. The zero-order chi connectivity index (χ0) is 11.3. The van der Waals surface area contributed by atoms with Crippen molar-refractivity contribution in [3.05, 3.63) is 16.6 Å². The first-order chi connectivity index (χ1) is 7.15. The second-order valence-corrected chi connectivity index (χ2v) is 4.56. The Morgan fingerprint density at radius 2 is 2.47 bits per heavy atom. The van der Waals surface area contributed by atoms with Gasteiger partial charge in [-0.25, -0.2) is 4.98 Å². The Morgan fingerprint density at radius 3 is 3.00 bits per heavy atom. The van der Waals surface area contributed by atoms with Crippen LogP contribution in [0.3, 0.4) is 0 Å². The largest absolute Gasteiger partial charge is 0.339 e. The Morgan fingerprint density at radius 1 is 1.73 bits per heavy atom. The number of amides is 1. The quantitative estimate of drug-likeness (QED) is 0.815. The van der Waals surface area contributed by atoms with Gasteiger partial charge in [0.15, 0.2) is 0 Å². The monoisotopic (exact) mass is 227 g/mol. The van der Waals surface area contributed by atoms with Crippen molar-refractivity contribution in [3.63, 3.8) is 0 Å². The van der Waals surface area contributed by atoms with Crippen molar-refractivity contribution in [1.29, 1.82) is 0 Å². The third kappa shape index (κ3) is 3.60. The molecule has 0 bridgehead atoms. The second-order valence-electron chi connectivity index (χ2n) is 3.58. The Balaban J connectivity index is 2.46. The molecule has 5 heteroatoms. The third-order valence-corrected chi connectivity index (χ3v) is 2.93. The van der Waals surface area contributed by atoms with E-state index >= 15 is 0 Å². The zero-order valence-corrected chi connectivity index (χ0v) is 10.2. The van der Waals surface area contributed by atoms with Crippen LogP contribution in [-0.4, -0.2) is 36.4 Å². The number of nitrogens with one attached hydrogen (secondary N) is 1. The van der Waals surface area contributed by atoms with Crippen LogP contribution in [0.2, 0.25) is 0 Å². The molecule has 0 spiro atoms. The van der Waals surface area contributed by atoms with Crippen molar-refractivity contribution in [2.45, 2.75) is 13.5 Å². The molecule has 1 aromatic rings. The molecular weight excluding hydrogens is 210 g/mol. The molecule has 15 heavy (non-hydrogen) atoms. The molecule has 0 saturated carbocycles. The highest BCUT2D eigenvalue weighted by molar-refractivity contribution is 7.09. The summed E-state index contributed by atoms with van der Waals surface area (Å²) in [6.45, 7) is 3.24. The van der Waals surface area contributed by atoms with Gasteiger partial charge in [0.05, 0.1) is 6.54 Å². The van der Waals surface area contributed by atoms with Crippen LogP contribution >= 0.6 is 11.3 Å². The molecule has 1 heterocycles. The maximum atomic E-state index is 11.8. The van der Waals surface area contributed by atoms with E-state index in [2.05, 4.69) is 10.3 Å². The minimum absolute atomic E-state index is 0.0139. The highest BCUT2D eigenvalue weighted by atomic mass is 32.1. The van der Waals surface area contributed by atoms with Crippen LogP contribution in [-0.2, 0) is 11.3 Å². The summed E-state index contributed by atoms with van der Waals surface area (Å²) in [5, 5.41) is 5.90. The van der Waals surface area contributed by atoms with Crippen LogP contribution in [0.4, 0.5) is 0 Å². The van der Waals surface area contributed by atoms with Crippen molar-refractivity contribution < 1.29 is 4.79 Å². The van der Waals surface area contributed by atoms with Gasteiger partial charge in [-0.3, -0.25) is 4.79 Å². The molecule has 0 radical (unpaired) electrons. The molecule has 1 N–H and O–H groups in total. The standard InChI is InChI=1S/C10H17N3OS/c1-8(6-11-2)10(14)13(3)7-9-12-4-5-15-9/h4-5,8,11H,6-7H2,1-3H3. The Labute approximate surface area is 94.3 Å². The smallest absolute Gasteiger partial charge is 0.226 e. The summed E-state index contributed by atoms with van der Waals surface area (Å²) in [5.74, 6) is 0.166.